The first-order chi connectivity index (χ1) is 8.25. The minimum Gasteiger partial charge on any atom is -0.383 e. The molecule has 1 aromatic carbocycles. The lowest BCUT2D eigenvalue weighted by atomic mass is 10.0. The van der Waals surface area contributed by atoms with Crippen molar-refractivity contribution in [3.63, 3.8) is 0 Å². The van der Waals surface area contributed by atoms with E-state index in [4.69, 9.17) is 4.74 Å². The average Bonchev–Trinajstić information content (AvgIpc) is 2.33. The molecular formula is C14H24N2O. The molecule has 0 spiro atoms. The van der Waals surface area contributed by atoms with Crippen molar-refractivity contribution < 1.29 is 4.74 Å². The Morgan fingerprint density at radius 2 is 1.82 bits per heavy atom. The van der Waals surface area contributed by atoms with Gasteiger partial charge in [-0.1, -0.05) is 18.2 Å². The lowest BCUT2D eigenvalue weighted by Crippen LogP contribution is -2.29. The normalized spacial score (nSPS) is 10.8. The zero-order chi connectivity index (χ0) is 12.5. The summed E-state index contributed by atoms with van der Waals surface area (Å²) in [5.41, 5.74) is 4.15. The first kappa shape index (κ1) is 14.2. The van der Waals surface area contributed by atoms with Gasteiger partial charge in [0, 0.05) is 33.3 Å². The van der Waals surface area contributed by atoms with Crippen molar-refractivity contribution in [2.45, 2.75) is 20.4 Å². The maximum atomic E-state index is 4.96. The van der Waals surface area contributed by atoms with E-state index >= 15 is 0 Å². The lowest BCUT2D eigenvalue weighted by molar-refractivity contribution is 0.199. The zero-order valence-corrected chi connectivity index (χ0v) is 11.2. The zero-order valence-electron chi connectivity index (χ0n) is 11.2. The fraction of sp³-hybridized carbons (Fsp3) is 0.571. The van der Waals surface area contributed by atoms with Gasteiger partial charge in [0.25, 0.3) is 0 Å². The van der Waals surface area contributed by atoms with Crippen molar-refractivity contribution in [3.8, 4) is 0 Å². The second kappa shape index (κ2) is 8.23. The van der Waals surface area contributed by atoms with Gasteiger partial charge in [-0.2, -0.15) is 0 Å². The van der Waals surface area contributed by atoms with Crippen LogP contribution in [0.4, 0.5) is 0 Å². The molecule has 0 amide bonds. The number of hydrogen-bond donors (Lipinski definition) is 2. The number of aryl methyl sites for hydroxylation is 1. The summed E-state index contributed by atoms with van der Waals surface area (Å²) < 4.78 is 4.96. The maximum absolute atomic E-state index is 4.96. The number of ether oxygens (including phenoxy) is 1. The summed E-state index contributed by atoms with van der Waals surface area (Å²) in [5.74, 6) is 0. The summed E-state index contributed by atoms with van der Waals surface area (Å²) in [6.45, 7) is 8.94. The smallest absolute Gasteiger partial charge is 0.0587 e. The Bertz CT molecular complexity index is 326. The molecule has 1 rings (SSSR count). The first-order valence-corrected chi connectivity index (χ1v) is 6.21. The Labute approximate surface area is 105 Å². The Hall–Kier alpha value is -0.900. The van der Waals surface area contributed by atoms with Gasteiger partial charge in [0.2, 0.25) is 0 Å². The summed E-state index contributed by atoms with van der Waals surface area (Å²) in [7, 11) is 1.72. The van der Waals surface area contributed by atoms with Crippen LogP contribution in [0.5, 0.6) is 0 Å². The van der Waals surface area contributed by atoms with Crippen LogP contribution in [-0.4, -0.2) is 33.4 Å². The van der Waals surface area contributed by atoms with Crippen LogP contribution in [0.1, 0.15) is 16.7 Å². The fourth-order valence-electron chi connectivity index (χ4n) is 1.70. The highest BCUT2D eigenvalue weighted by atomic mass is 16.5. The molecule has 1 aromatic rings. The Morgan fingerprint density at radius 1 is 1.06 bits per heavy atom. The molecule has 0 unspecified atom stereocenters. The van der Waals surface area contributed by atoms with Crippen molar-refractivity contribution in [3.05, 3.63) is 34.9 Å². The van der Waals surface area contributed by atoms with Crippen LogP contribution in [0.2, 0.25) is 0 Å². The highest BCUT2D eigenvalue weighted by Gasteiger charge is 1.99. The molecule has 0 radical (unpaired) electrons. The minimum absolute atomic E-state index is 0.775. The van der Waals surface area contributed by atoms with Gasteiger partial charge in [-0.3, -0.25) is 0 Å². The predicted molar refractivity (Wildman–Crippen MR) is 72.4 cm³/mol. The number of nitrogens with one attached hydrogen (secondary N) is 2. The highest BCUT2D eigenvalue weighted by Crippen LogP contribution is 2.11. The van der Waals surface area contributed by atoms with E-state index in [2.05, 4.69) is 42.7 Å². The molecule has 0 aliphatic heterocycles. The molecule has 3 heteroatoms. The maximum Gasteiger partial charge on any atom is 0.0587 e. The molecule has 2 N–H and O–H groups in total. The molecule has 96 valence electrons. The van der Waals surface area contributed by atoms with E-state index < -0.39 is 0 Å². The molecule has 0 heterocycles. The largest absolute Gasteiger partial charge is 0.383 e. The third-order valence-electron chi connectivity index (χ3n) is 2.99. The summed E-state index contributed by atoms with van der Waals surface area (Å²) in [4.78, 5) is 0. The molecule has 0 bridgehead atoms. The van der Waals surface area contributed by atoms with Crippen molar-refractivity contribution in [2.24, 2.45) is 0 Å². The van der Waals surface area contributed by atoms with E-state index in [1.807, 2.05) is 0 Å². The third-order valence-corrected chi connectivity index (χ3v) is 2.99. The van der Waals surface area contributed by atoms with Crippen molar-refractivity contribution >= 4 is 0 Å². The third kappa shape index (κ3) is 5.31. The second-order valence-corrected chi connectivity index (χ2v) is 4.28. The lowest BCUT2D eigenvalue weighted by Gasteiger charge is -2.10. The van der Waals surface area contributed by atoms with Crippen LogP contribution in [0.25, 0.3) is 0 Å². The summed E-state index contributed by atoms with van der Waals surface area (Å²) in [5, 5.41) is 6.75. The van der Waals surface area contributed by atoms with Crippen LogP contribution >= 0.6 is 0 Å². The van der Waals surface area contributed by atoms with Gasteiger partial charge in [0.05, 0.1) is 6.61 Å². The van der Waals surface area contributed by atoms with Gasteiger partial charge in [-0.05, 0) is 30.5 Å². The van der Waals surface area contributed by atoms with Crippen LogP contribution in [0, 0.1) is 13.8 Å². The standard InChI is InChI=1S/C14H24N2O/c1-12-5-4-6-14(13(12)2)11-16-8-7-15-9-10-17-3/h4-6,15-16H,7-11H2,1-3H3. The average molecular weight is 236 g/mol. The van der Waals surface area contributed by atoms with Gasteiger partial charge >= 0.3 is 0 Å². The molecule has 3 nitrogen and oxygen atoms in total. The predicted octanol–water partition coefficient (Wildman–Crippen LogP) is 1.63. The van der Waals surface area contributed by atoms with E-state index in [0.717, 1.165) is 32.8 Å². The molecule has 0 aliphatic rings. The monoisotopic (exact) mass is 236 g/mol. The Balaban J connectivity index is 2.16. The Kier molecular flexibility index (Phi) is 6.86. The van der Waals surface area contributed by atoms with Crippen molar-refractivity contribution in [1.29, 1.82) is 0 Å². The molecule has 17 heavy (non-hydrogen) atoms. The second-order valence-electron chi connectivity index (χ2n) is 4.28. The van der Waals surface area contributed by atoms with Crippen molar-refractivity contribution in [1.82, 2.24) is 10.6 Å². The van der Waals surface area contributed by atoms with Crippen molar-refractivity contribution in [2.75, 3.05) is 33.4 Å². The molecule has 0 aliphatic carbocycles. The fourth-order valence-corrected chi connectivity index (χ4v) is 1.70. The number of hydrogen-bond acceptors (Lipinski definition) is 3. The van der Waals surface area contributed by atoms with Crippen LogP contribution < -0.4 is 10.6 Å². The van der Waals surface area contributed by atoms with E-state index in [0.29, 0.717) is 0 Å². The van der Waals surface area contributed by atoms with E-state index in [1.54, 1.807) is 7.11 Å². The van der Waals surface area contributed by atoms with Crippen LogP contribution in [-0.2, 0) is 11.3 Å². The highest BCUT2D eigenvalue weighted by molar-refractivity contribution is 5.32. The van der Waals surface area contributed by atoms with Gasteiger partial charge in [0.15, 0.2) is 0 Å². The number of benzene rings is 1. The van der Waals surface area contributed by atoms with E-state index in [9.17, 15) is 0 Å². The molecule has 0 fully saturated rings. The minimum atomic E-state index is 0.775. The van der Waals surface area contributed by atoms with Crippen LogP contribution in [0.15, 0.2) is 18.2 Å². The topological polar surface area (TPSA) is 33.3 Å². The van der Waals surface area contributed by atoms with Crippen LogP contribution in [0.3, 0.4) is 0 Å². The van der Waals surface area contributed by atoms with E-state index in [1.165, 1.54) is 16.7 Å². The summed E-state index contributed by atoms with van der Waals surface area (Å²) in [6, 6.07) is 6.47. The quantitative estimate of drug-likeness (QED) is 0.673. The first-order valence-electron chi connectivity index (χ1n) is 6.21. The molecule has 0 atom stereocenters. The molecule has 0 saturated carbocycles. The summed E-state index contributed by atoms with van der Waals surface area (Å²) >= 11 is 0. The summed E-state index contributed by atoms with van der Waals surface area (Å²) in [6.07, 6.45) is 0. The molecule has 0 aromatic heterocycles. The Morgan fingerprint density at radius 3 is 2.59 bits per heavy atom. The van der Waals surface area contributed by atoms with E-state index in [-0.39, 0.29) is 0 Å². The SMILES string of the molecule is COCCNCCNCc1cccc(C)c1C. The van der Waals surface area contributed by atoms with Gasteiger partial charge in [0.1, 0.15) is 0 Å². The van der Waals surface area contributed by atoms with Gasteiger partial charge in [-0.25, -0.2) is 0 Å². The number of methoxy groups -OCH3 is 1. The molecule has 0 saturated heterocycles. The molecular weight excluding hydrogens is 212 g/mol. The number of rotatable bonds is 8. The van der Waals surface area contributed by atoms with Gasteiger partial charge in [-0.15, -0.1) is 0 Å². The van der Waals surface area contributed by atoms with Gasteiger partial charge < -0.3 is 15.4 Å².